The maximum absolute atomic E-state index is 13.4. The number of methoxy groups -OCH3 is 1. The number of carbonyl (C=O) groups is 2. The number of hydrogen-bond donors (Lipinski definition) is 1. The van der Waals surface area contributed by atoms with Crippen molar-refractivity contribution in [3.63, 3.8) is 0 Å². The third kappa shape index (κ3) is 7.96. The Balaban J connectivity index is 1.15. The number of fused-ring (bicyclic) bond motifs is 1. The van der Waals surface area contributed by atoms with Crippen molar-refractivity contribution in [2.45, 2.75) is 6.42 Å². The molecule has 0 aliphatic carbocycles. The van der Waals surface area contributed by atoms with Gasteiger partial charge in [-0.05, 0) is 72.2 Å². The standard InChI is InChI=1S/C36H35N3O7S2/c1-43-32-23-27(35(41)42)7-10-31(32)45-16-3-12-39-34(40)33(48-36(39)47)21-24-5-9-30(46-19-15-38-13-17-44-18-14-38)28(20-24)25-6-8-29-26(22-25)4-2-11-37-29/h2,4-11,20-23H,3,12-19H2,1H3,(H,41,42). The number of aromatic nitrogens is 1. The van der Waals surface area contributed by atoms with E-state index in [4.69, 9.17) is 31.2 Å². The molecule has 1 amide bonds. The van der Waals surface area contributed by atoms with Gasteiger partial charge in [0.05, 0.1) is 42.9 Å². The Bertz CT molecular complexity index is 1860. The van der Waals surface area contributed by atoms with E-state index in [0.717, 1.165) is 66.2 Å². The second-order valence-electron chi connectivity index (χ2n) is 11.2. The van der Waals surface area contributed by atoms with Crippen LogP contribution in [0.1, 0.15) is 22.3 Å². The minimum absolute atomic E-state index is 0.108. The van der Waals surface area contributed by atoms with E-state index >= 15 is 0 Å². The highest BCUT2D eigenvalue weighted by Gasteiger charge is 2.31. The quantitative estimate of drug-likeness (QED) is 0.102. The van der Waals surface area contributed by atoms with Crippen LogP contribution >= 0.6 is 24.0 Å². The number of nitrogens with zero attached hydrogens (tertiary/aromatic N) is 3. The Labute approximate surface area is 288 Å². The molecular formula is C36H35N3O7S2. The number of aromatic carboxylic acids is 1. The van der Waals surface area contributed by atoms with Crippen molar-refractivity contribution in [1.82, 2.24) is 14.8 Å². The molecule has 1 N–H and O–H groups in total. The van der Waals surface area contributed by atoms with Crippen LogP contribution in [-0.4, -0.2) is 95.8 Å². The molecule has 1 aromatic heterocycles. The molecule has 3 heterocycles. The van der Waals surface area contributed by atoms with Crippen LogP contribution in [-0.2, 0) is 9.53 Å². The van der Waals surface area contributed by atoms with Gasteiger partial charge >= 0.3 is 5.97 Å². The van der Waals surface area contributed by atoms with Gasteiger partial charge in [-0.25, -0.2) is 4.79 Å². The fraction of sp³-hybridized carbons (Fsp3) is 0.278. The second-order valence-corrected chi connectivity index (χ2v) is 12.9. The van der Waals surface area contributed by atoms with E-state index in [1.54, 1.807) is 17.2 Å². The number of pyridine rings is 1. The number of thioether (sulfide) groups is 1. The normalized spacial score (nSPS) is 16.1. The lowest BCUT2D eigenvalue weighted by molar-refractivity contribution is -0.122. The zero-order valence-corrected chi connectivity index (χ0v) is 28.1. The van der Waals surface area contributed by atoms with Crippen molar-refractivity contribution in [3.05, 3.63) is 89.0 Å². The molecule has 2 aliphatic rings. The molecule has 48 heavy (non-hydrogen) atoms. The van der Waals surface area contributed by atoms with Gasteiger partial charge in [-0.2, -0.15) is 0 Å². The molecule has 12 heteroatoms. The number of benzene rings is 3. The second kappa shape index (κ2) is 15.6. The first-order valence-corrected chi connectivity index (χ1v) is 16.8. The van der Waals surface area contributed by atoms with Crippen molar-refractivity contribution in [2.24, 2.45) is 0 Å². The summed E-state index contributed by atoms with van der Waals surface area (Å²) >= 11 is 6.85. The summed E-state index contributed by atoms with van der Waals surface area (Å²) in [6, 6.07) is 20.5. The van der Waals surface area contributed by atoms with Crippen LogP contribution in [0.4, 0.5) is 0 Å². The number of rotatable bonds is 13. The Morgan fingerprint density at radius 1 is 1.00 bits per heavy atom. The van der Waals surface area contributed by atoms with Gasteiger partial charge in [0.2, 0.25) is 0 Å². The van der Waals surface area contributed by atoms with E-state index in [0.29, 0.717) is 40.3 Å². The molecule has 4 aromatic rings. The van der Waals surface area contributed by atoms with Crippen LogP contribution < -0.4 is 14.2 Å². The van der Waals surface area contributed by atoms with Crippen LogP contribution in [0.2, 0.25) is 0 Å². The van der Waals surface area contributed by atoms with Crippen LogP contribution in [0.3, 0.4) is 0 Å². The number of hydrogen-bond acceptors (Lipinski definition) is 10. The highest BCUT2D eigenvalue weighted by Crippen LogP contribution is 2.37. The lowest BCUT2D eigenvalue weighted by Crippen LogP contribution is -2.38. The highest BCUT2D eigenvalue weighted by molar-refractivity contribution is 8.26. The van der Waals surface area contributed by atoms with Crippen LogP contribution in [0.5, 0.6) is 17.2 Å². The number of carboxylic acids is 1. The van der Waals surface area contributed by atoms with Crippen molar-refractivity contribution in [1.29, 1.82) is 0 Å². The topological polar surface area (TPSA) is 111 Å². The Morgan fingerprint density at radius 3 is 2.62 bits per heavy atom. The van der Waals surface area contributed by atoms with Gasteiger partial charge in [-0.15, -0.1) is 0 Å². The third-order valence-electron chi connectivity index (χ3n) is 8.05. The predicted molar refractivity (Wildman–Crippen MR) is 190 cm³/mol. The van der Waals surface area contributed by atoms with Gasteiger partial charge in [-0.1, -0.05) is 42.2 Å². The average Bonchev–Trinajstić information content (AvgIpc) is 3.37. The van der Waals surface area contributed by atoms with E-state index in [2.05, 4.69) is 16.0 Å². The highest BCUT2D eigenvalue weighted by atomic mass is 32.2. The van der Waals surface area contributed by atoms with Gasteiger partial charge < -0.3 is 24.1 Å². The van der Waals surface area contributed by atoms with Crippen LogP contribution in [0.25, 0.3) is 28.1 Å². The van der Waals surface area contributed by atoms with E-state index in [9.17, 15) is 14.7 Å². The summed E-state index contributed by atoms with van der Waals surface area (Å²) in [5.41, 5.74) is 3.80. The lowest BCUT2D eigenvalue weighted by Gasteiger charge is -2.26. The monoisotopic (exact) mass is 685 g/mol. The Morgan fingerprint density at radius 2 is 1.81 bits per heavy atom. The molecule has 10 nitrogen and oxygen atoms in total. The fourth-order valence-electron chi connectivity index (χ4n) is 5.51. The Hall–Kier alpha value is -4.49. The first kappa shape index (κ1) is 33.4. The maximum atomic E-state index is 13.4. The zero-order valence-electron chi connectivity index (χ0n) is 26.4. The SMILES string of the molecule is COc1cc(C(=O)O)ccc1OCCCN1C(=O)C(=Cc2ccc(OCCN3CCOCC3)c(-c3ccc4ncccc4c3)c2)SC1=S. The first-order valence-electron chi connectivity index (χ1n) is 15.6. The average molecular weight is 686 g/mol. The molecule has 248 valence electrons. The minimum Gasteiger partial charge on any atom is -0.493 e. The van der Waals surface area contributed by atoms with Gasteiger partial charge in [-0.3, -0.25) is 19.6 Å². The summed E-state index contributed by atoms with van der Waals surface area (Å²) in [4.78, 5) is 33.6. The molecule has 0 atom stereocenters. The van der Waals surface area contributed by atoms with Gasteiger partial charge in [0.1, 0.15) is 16.7 Å². The molecular weight excluding hydrogens is 651 g/mol. The number of ether oxygens (including phenoxy) is 4. The summed E-state index contributed by atoms with van der Waals surface area (Å²) in [7, 11) is 1.45. The number of thiocarbonyl (C=S) groups is 1. The van der Waals surface area contributed by atoms with E-state index in [-0.39, 0.29) is 18.1 Å². The summed E-state index contributed by atoms with van der Waals surface area (Å²) < 4.78 is 23.4. The number of amides is 1. The molecule has 0 unspecified atom stereocenters. The lowest BCUT2D eigenvalue weighted by atomic mass is 9.99. The smallest absolute Gasteiger partial charge is 0.335 e. The fourth-order valence-corrected chi connectivity index (χ4v) is 6.82. The largest absolute Gasteiger partial charge is 0.493 e. The Kier molecular flexibility index (Phi) is 10.9. The molecule has 0 spiro atoms. The zero-order chi connectivity index (χ0) is 33.5. The minimum atomic E-state index is -1.05. The van der Waals surface area contributed by atoms with E-state index in [1.165, 1.54) is 31.0 Å². The van der Waals surface area contributed by atoms with E-state index in [1.807, 2.05) is 48.5 Å². The van der Waals surface area contributed by atoms with E-state index < -0.39 is 5.97 Å². The number of morpholine rings is 1. The molecule has 6 rings (SSSR count). The molecule has 3 aromatic carbocycles. The van der Waals surface area contributed by atoms with Crippen LogP contribution in [0.15, 0.2) is 77.8 Å². The van der Waals surface area contributed by atoms with Gasteiger partial charge in [0.15, 0.2) is 11.5 Å². The molecule has 2 aliphatic heterocycles. The number of carbonyl (C=O) groups excluding carboxylic acids is 1. The molecule has 2 saturated heterocycles. The summed E-state index contributed by atoms with van der Waals surface area (Å²) in [5, 5.41) is 10.2. The third-order valence-corrected chi connectivity index (χ3v) is 9.43. The maximum Gasteiger partial charge on any atom is 0.335 e. The van der Waals surface area contributed by atoms with Crippen molar-refractivity contribution >= 4 is 57.2 Å². The summed E-state index contributed by atoms with van der Waals surface area (Å²) in [6.07, 6.45) is 4.17. The van der Waals surface area contributed by atoms with Crippen molar-refractivity contribution < 1.29 is 33.6 Å². The number of carboxylic acid groups (broad SMARTS) is 1. The first-order chi connectivity index (χ1) is 23.4. The molecule has 0 radical (unpaired) electrons. The van der Waals surface area contributed by atoms with Crippen molar-refractivity contribution in [3.8, 4) is 28.4 Å². The molecule has 0 bridgehead atoms. The van der Waals surface area contributed by atoms with Crippen LogP contribution in [0, 0.1) is 0 Å². The molecule has 2 fully saturated rings. The predicted octanol–water partition coefficient (Wildman–Crippen LogP) is 5.99. The van der Waals surface area contributed by atoms with Crippen molar-refractivity contribution in [2.75, 3.05) is 59.7 Å². The summed E-state index contributed by atoms with van der Waals surface area (Å²) in [6.45, 7) is 5.30. The van der Waals surface area contributed by atoms with Gasteiger partial charge in [0.25, 0.3) is 5.91 Å². The van der Waals surface area contributed by atoms with Gasteiger partial charge in [0, 0.05) is 43.3 Å². The molecule has 0 saturated carbocycles. The summed E-state index contributed by atoms with van der Waals surface area (Å²) in [5.74, 6) is 0.327.